The molecule has 2 heteroatoms. The van der Waals surface area contributed by atoms with Crippen molar-refractivity contribution < 1.29 is 0 Å². The van der Waals surface area contributed by atoms with Gasteiger partial charge in [-0.3, -0.25) is 4.99 Å². The van der Waals surface area contributed by atoms with Crippen LogP contribution in [0, 0.1) is 0 Å². The van der Waals surface area contributed by atoms with Gasteiger partial charge >= 0.3 is 0 Å². The third kappa shape index (κ3) is 0.964. The van der Waals surface area contributed by atoms with Crippen LogP contribution in [0.15, 0.2) is 29.4 Å². The van der Waals surface area contributed by atoms with Crippen molar-refractivity contribution in [3.8, 4) is 0 Å². The number of allylic oxidation sites excluding steroid dienone is 1. The largest absolute Gasteiger partial charge is 0.347 e. The standard InChI is InChI=1S/C6H8N2/c1-2-6-3-4-7-5-8-6/h2-3,5H,1,4H2,(H,7,8). The third-order valence-electron chi connectivity index (χ3n) is 0.959. The molecule has 0 saturated carbocycles. The van der Waals surface area contributed by atoms with Crippen molar-refractivity contribution in [1.82, 2.24) is 5.32 Å². The van der Waals surface area contributed by atoms with Gasteiger partial charge in [0.2, 0.25) is 0 Å². The summed E-state index contributed by atoms with van der Waals surface area (Å²) in [5.41, 5.74) is 1.04. The Morgan fingerprint density at radius 3 is 3.12 bits per heavy atom. The van der Waals surface area contributed by atoms with Crippen LogP contribution in [0.1, 0.15) is 0 Å². The maximum atomic E-state index is 3.92. The zero-order chi connectivity index (χ0) is 5.82. The minimum absolute atomic E-state index is 0.772. The van der Waals surface area contributed by atoms with Crippen molar-refractivity contribution in [2.24, 2.45) is 4.99 Å². The van der Waals surface area contributed by atoms with E-state index in [0.29, 0.717) is 0 Å². The van der Waals surface area contributed by atoms with E-state index in [4.69, 9.17) is 0 Å². The number of hydrogen-bond acceptors (Lipinski definition) is 2. The molecule has 1 N–H and O–H groups in total. The van der Waals surface area contributed by atoms with Gasteiger partial charge in [-0.05, 0) is 12.2 Å². The van der Waals surface area contributed by atoms with Gasteiger partial charge in [-0.1, -0.05) is 6.58 Å². The summed E-state index contributed by atoms with van der Waals surface area (Å²) in [6.45, 7) is 4.36. The summed E-state index contributed by atoms with van der Waals surface area (Å²) in [5, 5.41) is 2.92. The molecule has 0 saturated heterocycles. The first-order valence-electron chi connectivity index (χ1n) is 2.51. The molecule has 1 heterocycles. The van der Waals surface area contributed by atoms with Crippen molar-refractivity contribution in [3.05, 3.63) is 24.4 Å². The highest BCUT2D eigenvalue weighted by Gasteiger charge is 1.88. The van der Waals surface area contributed by atoms with E-state index in [1.807, 2.05) is 6.08 Å². The number of aliphatic imine (C=N–C) groups is 1. The van der Waals surface area contributed by atoms with E-state index < -0.39 is 0 Å². The van der Waals surface area contributed by atoms with Crippen LogP contribution in [0.2, 0.25) is 0 Å². The van der Waals surface area contributed by atoms with Gasteiger partial charge in [0.25, 0.3) is 0 Å². The predicted octanol–water partition coefficient (Wildman–Crippen LogP) is 0.688. The fourth-order valence-corrected chi connectivity index (χ4v) is 0.525. The van der Waals surface area contributed by atoms with E-state index in [0.717, 1.165) is 12.2 Å². The smallest absolute Gasteiger partial charge is 0.0871 e. The first kappa shape index (κ1) is 5.09. The molecule has 0 spiro atoms. The van der Waals surface area contributed by atoms with Gasteiger partial charge in [-0.25, -0.2) is 0 Å². The molecule has 0 bridgehead atoms. The van der Waals surface area contributed by atoms with Crippen molar-refractivity contribution in [1.29, 1.82) is 0 Å². The van der Waals surface area contributed by atoms with Gasteiger partial charge in [0, 0.05) is 5.70 Å². The van der Waals surface area contributed by atoms with Gasteiger partial charge in [-0.15, -0.1) is 0 Å². The molecule has 1 aliphatic rings. The lowest BCUT2D eigenvalue weighted by molar-refractivity contribution is 1.08. The van der Waals surface area contributed by atoms with Gasteiger partial charge in [0.15, 0.2) is 0 Å². The molecule has 0 unspecified atom stereocenters. The van der Waals surface area contributed by atoms with Crippen LogP contribution in [0.5, 0.6) is 0 Å². The summed E-state index contributed by atoms with van der Waals surface area (Å²) in [4.78, 5) is 3.92. The van der Waals surface area contributed by atoms with Crippen molar-refractivity contribution in [3.63, 3.8) is 0 Å². The lowest BCUT2D eigenvalue weighted by Gasteiger charge is -2.02. The van der Waals surface area contributed by atoms with E-state index in [2.05, 4.69) is 16.9 Å². The van der Waals surface area contributed by atoms with Crippen LogP contribution in [0.4, 0.5) is 0 Å². The number of hydrogen-bond donors (Lipinski definition) is 1. The minimum Gasteiger partial charge on any atom is -0.347 e. The van der Waals surface area contributed by atoms with Gasteiger partial charge in [0.1, 0.15) is 0 Å². The highest BCUT2D eigenvalue weighted by atomic mass is 15.0. The maximum absolute atomic E-state index is 3.92. The summed E-state index contributed by atoms with van der Waals surface area (Å²) in [6.07, 6.45) is 5.43. The zero-order valence-electron chi connectivity index (χ0n) is 4.59. The molecule has 0 aromatic heterocycles. The molecular formula is C6H8N2. The molecule has 0 amide bonds. The molecule has 1 rings (SSSR count). The third-order valence-corrected chi connectivity index (χ3v) is 0.959. The molecular weight excluding hydrogens is 100 g/mol. The Kier molecular flexibility index (Phi) is 1.47. The van der Waals surface area contributed by atoms with Crippen LogP contribution in [0.3, 0.4) is 0 Å². The lowest BCUT2D eigenvalue weighted by Crippen LogP contribution is -2.12. The molecule has 0 aromatic rings. The normalized spacial score (nSPS) is 16.8. The van der Waals surface area contributed by atoms with Gasteiger partial charge < -0.3 is 5.32 Å². The lowest BCUT2D eigenvalue weighted by atomic mass is 10.4. The molecule has 0 aromatic carbocycles. The van der Waals surface area contributed by atoms with Crippen LogP contribution in [0.25, 0.3) is 0 Å². The summed E-state index contributed by atoms with van der Waals surface area (Å²) in [7, 11) is 0. The highest BCUT2D eigenvalue weighted by molar-refractivity contribution is 5.60. The molecule has 42 valence electrons. The fraction of sp³-hybridized carbons (Fsp3) is 0.167. The number of nitrogens with one attached hydrogen (secondary N) is 1. The Morgan fingerprint density at radius 1 is 1.88 bits per heavy atom. The van der Waals surface area contributed by atoms with Gasteiger partial charge in [-0.2, -0.15) is 0 Å². The summed E-state index contributed by atoms with van der Waals surface area (Å²) >= 11 is 0. The molecule has 0 fully saturated rings. The predicted molar refractivity (Wildman–Crippen MR) is 34.8 cm³/mol. The van der Waals surface area contributed by atoms with Crippen LogP contribution >= 0.6 is 0 Å². The van der Waals surface area contributed by atoms with Crippen molar-refractivity contribution >= 4 is 6.34 Å². The second-order valence-corrected chi connectivity index (χ2v) is 1.50. The first-order chi connectivity index (χ1) is 3.93. The van der Waals surface area contributed by atoms with Crippen molar-refractivity contribution in [2.75, 3.05) is 6.54 Å². The minimum atomic E-state index is 0.772. The Labute approximate surface area is 48.6 Å². The topological polar surface area (TPSA) is 24.4 Å². The molecule has 0 aliphatic carbocycles. The second kappa shape index (κ2) is 2.31. The highest BCUT2D eigenvalue weighted by Crippen LogP contribution is 1.91. The second-order valence-electron chi connectivity index (χ2n) is 1.50. The molecule has 0 radical (unpaired) electrons. The summed E-state index contributed by atoms with van der Waals surface area (Å²) < 4.78 is 0. The molecule has 1 aliphatic heterocycles. The van der Waals surface area contributed by atoms with Crippen LogP contribution in [-0.4, -0.2) is 12.9 Å². The van der Waals surface area contributed by atoms with E-state index in [9.17, 15) is 0 Å². The SMILES string of the molecule is C=CC1=CCN=CN1. The van der Waals surface area contributed by atoms with Crippen molar-refractivity contribution in [2.45, 2.75) is 0 Å². The molecule has 8 heavy (non-hydrogen) atoms. The number of rotatable bonds is 1. The van der Waals surface area contributed by atoms with E-state index in [1.165, 1.54) is 0 Å². The average Bonchev–Trinajstić information content (AvgIpc) is 1.90. The molecule has 0 atom stereocenters. The Bertz CT molecular complexity index is 145. The van der Waals surface area contributed by atoms with Crippen LogP contribution < -0.4 is 5.32 Å². The Morgan fingerprint density at radius 2 is 2.75 bits per heavy atom. The number of nitrogens with zero attached hydrogens (tertiary/aromatic N) is 1. The zero-order valence-corrected chi connectivity index (χ0v) is 4.59. The van der Waals surface area contributed by atoms with E-state index in [1.54, 1.807) is 12.4 Å². The Hall–Kier alpha value is -1.05. The maximum Gasteiger partial charge on any atom is 0.0871 e. The fourth-order valence-electron chi connectivity index (χ4n) is 0.525. The van der Waals surface area contributed by atoms with E-state index >= 15 is 0 Å². The average molecular weight is 108 g/mol. The monoisotopic (exact) mass is 108 g/mol. The quantitative estimate of drug-likeness (QED) is 0.525. The van der Waals surface area contributed by atoms with E-state index in [-0.39, 0.29) is 0 Å². The first-order valence-corrected chi connectivity index (χ1v) is 2.51. The summed E-state index contributed by atoms with van der Waals surface area (Å²) in [6, 6.07) is 0. The molecule has 2 nitrogen and oxygen atoms in total. The van der Waals surface area contributed by atoms with Crippen LogP contribution in [-0.2, 0) is 0 Å². The summed E-state index contributed by atoms with van der Waals surface area (Å²) in [5.74, 6) is 0. The Balaban J connectivity index is 2.55. The van der Waals surface area contributed by atoms with Gasteiger partial charge in [0.05, 0.1) is 12.9 Å².